The Kier molecular flexibility index (Phi) is 3.86. The Morgan fingerprint density at radius 1 is 1.10 bits per heavy atom. The maximum atomic E-state index is 12.0. The molecule has 6 heteroatoms. The van der Waals surface area contributed by atoms with Crippen LogP contribution in [-0.2, 0) is 0 Å². The van der Waals surface area contributed by atoms with Gasteiger partial charge in [-0.2, -0.15) is 5.26 Å². The SMILES string of the molecule is N#Cc1ccc(C(=O)Nc2ccc(O)c(C(=O)O)c2)cc1. The fourth-order valence-electron chi connectivity index (χ4n) is 1.68. The van der Waals surface area contributed by atoms with E-state index in [2.05, 4.69) is 5.32 Å². The summed E-state index contributed by atoms with van der Waals surface area (Å²) in [6.07, 6.45) is 0. The van der Waals surface area contributed by atoms with E-state index in [0.29, 0.717) is 11.1 Å². The molecule has 0 heterocycles. The maximum absolute atomic E-state index is 12.0. The highest BCUT2D eigenvalue weighted by Crippen LogP contribution is 2.21. The number of carboxylic acids is 1. The van der Waals surface area contributed by atoms with Crippen LogP contribution in [0.1, 0.15) is 26.3 Å². The average Bonchev–Trinajstić information content (AvgIpc) is 2.49. The van der Waals surface area contributed by atoms with Gasteiger partial charge in [0.05, 0.1) is 11.6 Å². The highest BCUT2D eigenvalue weighted by atomic mass is 16.4. The summed E-state index contributed by atoms with van der Waals surface area (Å²) in [4.78, 5) is 22.9. The van der Waals surface area contributed by atoms with Gasteiger partial charge in [-0.3, -0.25) is 4.79 Å². The minimum atomic E-state index is -1.29. The number of phenols is 1. The molecule has 3 N–H and O–H groups in total. The van der Waals surface area contributed by atoms with E-state index in [1.54, 1.807) is 0 Å². The quantitative estimate of drug-likeness (QED) is 0.747. The van der Waals surface area contributed by atoms with Gasteiger partial charge in [0, 0.05) is 11.3 Å². The summed E-state index contributed by atoms with van der Waals surface area (Å²) in [5, 5.41) is 29.5. The molecule has 2 rings (SSSR count). The number of nitrogens with zero attached hydrogens (tertiary/aromatic N) is 1. The first kappa shape index (κ1) is 14.1. The fourth-order valence-corrected chi connectivity index (χ4v) is 1.68. The molecule has 104 valence electrons. The number of carbonyl (C=O) groups excluding carboxylic acids is 1. The molecule has 0 aromatic heterocycles. The molecule has 0 spiro atoms. The highest BCUT2D eigenvalue weighted by Gasteiger charge is 2.12. The molecule has 0 unspecified atom stereocenters. The number of anilines is 1. The predicted molar refractivity (Wildman–Crippen MR) is 74.2 cm³/mol. The minimum Gasteiger partial charge on any atom is -0.507 e. The zero-order chi connectivity index (χ0) is 15.4. The second kappa shape index (κ2) is 5.75. The van der Waals surface area contributed by atoms with Crippen molar-refractivity contribution in [1.82, 2.24) is 0 Å². The molecular weight excluding hydrogens is 272 g/mol. The van der Waals surface area contributed by atoms with Crippen LogP contribution in [0.5, 0.6) is 5.75 Å². The molecular formula is C15H10N2O4. The van der Waals surface area contributed by atoms with E-state index in [1.807, 2.05) is 6.07 Å². The Labute approximate surface area is 119 Å². The summed E-state index contributed by atoms with van der Waals surface area (Å²) in [6, 6.07) is 11.7. The second-order valence-electron chi connectivity index (χ2n) is 4.18. The van der Waals surface area contributed by atoms with Gasteiger partial charge >= 0.3 is 5.97 Å². The lowest BCUT2D eigenvalue weighted by Crippen LogP contribution is -2.12. The number of rotatable bonds is 3. The third-order valence-electron chi connectivity index (χ3n) is 2.76. The molecule has 0 atom stereocenters. The van der Waals surface area contributed by atoms with Crippen LogP contribution in [0.25, 0.3) is 0 Å². The largest absolute Gasteiger partial charge is 0.507 e. The average molecular weight is 282 g/mol. The number of aromatic hydroxyl groups is 1. The minimum absolute atomic E-state index is 0.250. The smallest absolute Gasteiger partial charge is 0.339 e. The van der Waals surface area contributed by atoms with Gasteiger partial charge in [-0.1, -0.05) is 0 Å². The molecule has 21 heavy (non-hydrogen) atoms. The van der Waals surface area contributed by atoms with E-state index in [9.17, 15) is 14.7 Å². The lowest BCUT2D eigenvalue weighted by Gasteiger charge is -2.07. The first-order valence-electron chi connectivity index (χ1n) is 5.89. The Morgan fingerprint density at radius 2 is 1.76 bits per heavy atom. The van der Waals surface area contributed by atoms with Gasteiger partial charge in [0.2, 0.25) is 0 Å². The lowest BCUT2D eigenvalue weighted by atomic mass is 10.1. The van der Waals surface area contributed by atoms with Crippen molar-refractivity contribution in [3.8, 4) is 11.8 Å². The Bertz CT molecular complexity index is 745. The van der Waals surface area contributed by atoms with Crippen LogP contribution in [0.15, 0.2) is 42.5 Å². The van der Waals surface area contributed by atoms with Crippen molar-refractivity contribution in [3.63, 3.8) is 0 Å². The molecule has 0 bridgehead atoms. The number of hydrogen-bond acceptors (Lipinski definition) is 4. The van der Waals surface area contributed by atoms with Gasteiger partial charge in [-0.25, -0.2) is 4.79 Å². The topological polar surface area (TPSA) is 110 Å². The van der Waals surface area contributed by atoms with Gasteiger partial charge in [0.1, 0.15) is 11.3 Å². The zero-order valence-corrected chi connectivity index (χ0v) is 10.7. The van der Waals surface area contributed by atoms with Crippen molar-refractivity contribution < 1.29 is 19.8 Å². The summed E-state index contributed by atoms with van der Waals surface area (Å²) in [5.74, 6) is -2.11. The molecule has 0 radical (unpaired) electrons. The van der Waals surface area contributed by atoms with Crippen molar-refractivity contribution >= 4 is 17.6 Å². The number of nitrogens with one attached hydrogen (secondary N) is 1. The molecule has 0 saturated heterocycles. The van der Waals surface area contributed by atoms with Crippen molar-refractivity contribution in [2.24, 2.45) is 0 Å². The Morgan fingerprint density at radius 3 is 2.33 bits per heavy atom. The van der Waals surface area contributed by atoms with Gasteiger partial charge in [0.15, 0.2) is 0 Å². The van der Waals surface area contributed by atoms with Gasteiger partial charge in [-0.05, 0) is 42.5 Å². The van der Waals surface area contributed by atoms with E-state index in [1.165, 1.54) is 42.5 Å². The fraction of sp³-hybridized carbons (Fsp3) is 0. The highest BCUT2D eigenvalue weighted by molar-refractivity contribution is 6.05. The molecule has 0 aliphatic heterocycles. The normalized spacial score (nSPS) is 9.67. The molecule has 2 aromatic carbocycles. The number of carbonyl (C=O) groups is 2. The van der Waals surface area contributed by atoms with Crippen LogP contribution in [0, 0.1) is 11.3 Å². The van der Waals surface area contributed by atoms with Gasteiger partial charge in [0.25, 0.3) is 5.91 Å². The van der Waals surface area contributed by atoms with Crippen molar-refractivity contribution in [1.29, 1.82) is 5.26 Å². The number of amides is 1. The number of nitriles is 1. The molecule has 0 saturated carbocycles. The Hall–Kier alpha value is -3.33. The van der Waals surface area contributed by atoms with E-state index in [4.69, 9.17) is 10.4 Å². The van der Waals surface area contributed by atoms with Crippen LogP contribution < -0.4 is 5.32 Å². The van der Waals surface area contributed by atoms with Crippen LogP contribution in [0.3, 0.4) is 0 Å². The lowest BCUT2D eigenvalue weighted by molar-refractivity contribution is 0.0693. The number of aromatic carboxylic acids is 1. The third kappa shape index (κ3) is 3.16. The molecule has 0 aliphatic rings. The molecule has 6 nitrogen and oxygen atoms in total. The first-order chi connectivity index (χ1) is 10.0. The van der Waals surface area contributed by atoms with Crippen molar-refractivity contribution in [2.75, 3.05) is 5.32 Å². The molecule has 0 fully saturated rings. The summed E-state index contributed by atoms with van der Waals surface area (Å²) >= 11 is 0. The predicted octanol–water partition coefficient (Wildman–Crippen LogP) is 2.21. The second-order valence-corrected chi connectivity index (χ2v) is 4.18. The number of carboxylic acid groups (broad SMARTS) is 1. The van der Waals surface area contributed by atoms with Gasteiger partial charge in [-0.15, -0.1) is 0 Å². The first-order valence-corrected chi connectivity index (χ1v) is 5.89. The standard InChI is InChI=1S/C15H10N2O4/c16-8-9-1-3-10(4-2-9)14(19)17-11-5-6-13(18)12(7-11)15(20)21/h1-7,18H,(H,17,19)(H,20,21). The molecule has 2 aromatic rings. The third-order valence-corrected chi connectivity index (χ3v) is 2.76. The summed E-state index contributed by atoms with van der Waals surface area (Å²) in [5.41, 5.74) is 0.718. The van der Waals surface area contributed by atoms with Gasteiger partial charge < -0.3 is 15.5 Å². The monoisotopic (exact) mass is 282 g/mol. The molecule has 0 aliphatic carbocycles. The summed E-state index contributed by atoms with van der Waals surface area (Å²) < 4.78 is 0. The van der Waals surface area contributed by atoms with Crippen LogP contribution in [0.4, 0.5) is 5.69 Å². The van der Waals surface area contributed by atoms with Crippen molar-refractivity contribution in [2.45, 2.75) is 0 Å². The summed E-state index contributed by atoms with van der Waals surface area (Å²) in [7, 11) is 0. The number of hydrogen-bond donors (Lipinski definition) is 3. The Balaban J connectivity index is 2.21. The zero-order valence-electron chi connectivity index (χ0n) is 10.7. The van der Waals surface area contributed by atoms with E-state index < -0.39 is 11.9 Å². The van der Waals surface area contributed by atoms with Crippen molar-refractivity contribution in [3.05, 3.63) is 59.2 Å². The van der Waals surface area contributed by atoms with Crippen LogP contribution in [-0.4, -0.2) is 22.1 Å². The van der Waals surface area contributed by atoms with E-state index in [-0.39, 0.29) is 17.0 Å². The summed E-state index contributed by atoms with van der Waals surface area (Å²) in [6.45, 7) is 0. The molecule has 1 amide bonds. The van der Waals surface area contributed by atoms with Crippen LogP contribution >= 0.6 is 0 Å². The maximum Gasteiger partial charge on any atom is 0.339 e. The van der Waals surface area contributed by atoms with E-state index in [0.717, 1.165) is 0 Å². The van der Waals surface area contributed by atoms with Crippen LogP contribution in [0.2, 0.25) is 0 Å². The number of benzene rings is 2. The van der Waals surface area contributed by atoms with E-state index >= 15 is 0 Å².